The number of benzene rings is 1. The van der Waals surface area contributed by atoms with Crippen molar-refractivity contribution >= 4 is 21.4 Å². The third kappa shape index (κ3) is 1.33. The molecular formula is C11H11FOS. The topological polar surface area (TPSA) is 20.2 Å². The second-order valence-electron chi connectivity index (χ2n) is 3.19. The Kier molecular flexibility index (Phi) is 2.52. The van der Waals surface area contributed by atoms with E-state index >= 15 is 0 Å². The van der Waals surface area contributed by atoms with Crippen LogP contribution in [0.5, 0.6) is 0 Å². The zero-order chi connectivity index (χ0) is 10.1. The van der Waals surface area contributed by atoms with E-state index in [0.717, 1.165) is 11.8 Å². The van der Waals surface area contributed by atoms with Gasteiger partial charge in [-0.15, -0.1) is 11.3 Å². The lowest BCUT2D eigenvalue weighted by molar-refractivity contribution is 0.276. The van der Waals surface area contributed by atoms with Crippen molar-refractivity contribution in [1.29, 1.82) is 0 Å². The summed E-state index contributed by atoms with van der Waals surface area (Å²) in [6, 6.07) is 3.54. The molecule has 2 aromatic rings. The summed E-state index contributed by atoms with van der Waals surface area (Å²) in [5.74, 6) is -0.269. The van der Waals surface area contributed by atoms with Crippen molar-refractivity contribution in [3.8, 4) is 0 Å². The van der Waals surface area contributed by atoms with E-state index in [-0.39, 0.29) is 12.4 Å². The predicted octanol–water partition coefficient (Wildman–Crippen LogP) is 3.10. The molecule has 0 radical (unpaired) electrons. The fraction of sp³-hybridized carbons (Fsp3) is 0.273. The van der Waals surface area contributed by atoms with Gasteiger partial charge in [-0.3, -0.25) is 0 Å². The summed E-state index contributed by atoms with van der Waals surface area (Å²) in [5, 5.41) is 11.9. The van der Waals surface area contributed by atoms with E-state index in [2.05, 4.69) is 6.92 Å². The summed E-state index contributed by atoms with van der Waals surface area (Å²) >= 11 is 1.41. The summed E-state index contributed by atoms with van der Waals surface area (Å²) in [7, 11) is 0. The van der Waals surface area contributed by atoms with Crippen LogP contribution < -0.4 is 0 Å². The molecule has 0 saturated carbocycles. The van der Waals surface area contributed by atoms with Crippen molar-refractivity contribution in [2.24, 2.45) is 0 Å². The highest BCUT2D eigenvalue weighted by molar-refractivity contribution is 7.17. The Morgan fingerprint density at radius 1 is 1.36 bits per heavy atom. The third-order valence-electron chi connectivity index (χ3n) is 2.39. The highest BCUT2D eigenvalue weighted by atomic mass is 32.1. The van der Waals surface area contributed by atoms with Crippen LogP contribution in [-0.4, -0.2) is 5.11 Å². The van der Waals surface area contributed by atoms with Crippen LogP contribution in [0.1, 0.15) is 18.1 Å². The van der Waals surface area contributed by atoms with Crippen LogP contribution in [0.3, 0.4) is 0 Å². The molecule has 0 spiro atoms. The van der Waals surface area contributed by atoms with Crippen LogP contribution >= 0.6 is 11.3 Å². The first-order chi connectivity index (χ1) is 6.77. The molecule has 3 heteroatoms. The van der Waals surface area contributed by atoms with Gasteiger partial charge in [0.05, 0.1) is 11.3 Å². The van der Waals surface area contributed by atoms with E-state index in [9.17, 15) is 4.39 Å². The van der Waals surface area contributed by atoms with Crippen molar-refractivity contribution in [3.05, 3.63) is 34.5 Å². The van der Waals surface area contributed by atoms with Gasteiger partial charge in [0.1, 0.15) is 5.82 Å². The van der Waals surface area contributed by atoms with Crippen LogP contribution in [0.2, 0.25) is 0 Å². The van der Waals surface area contributed by atoms with Gasteiger partial charge in [-0.1, -0.05) is 19.1 Å². The molecule has 1 nitrogen and oxygen atoms in total. The zero-order valence-corrected chi connectivity index (χ0v) is 8.70. The number of aryl methyl sites for hydroxylation is 1. The van der Waals surface area contributed by atoms with Gasteiger partial charge in [0, 0.05) is 5.56 Å². The highest BCUT2D eigenvalue weighted by Crippen LogP contribution is 2.30. The molecule has 1 heterocycles. The number of fused-ring (bicyclic) bond motifs is 1. The second kappa shape index (κ2) is 3.67. The number of aliphatic hydroxyl groups is 1. The molecule has 0 amide bonds. The Balaban J connectivity index is 2.72. The van der Waals surface area contributed by atoms with Gasteiger partial charge >= 0.3 is 0 Å². The highest BCUT2D eigenvalue weighted by Gasteiger charge is 2.10. The lowest BCUT2D eigenvalue weighted by Gasteiger charge is -2.00. The van der Waals surface area contributed by atoms with E-state index in [0.29, 0.717) is 10.3 Å². The lowest BCUT2D eigenvalue weighted by atomic mass is 10.1. The molecular weight excluding hydrogens is 199 g/mol. The first kappa shape index (κ1) is 9.62. The average molecular weight is 210 g/mol. The first-order valence-corrected chi connectivity index (χ1v) is 5.44. The quantitative estimate of drug-likeness (QED) is 0.807. The van der Waals surface area contributed by atoms with Crippen molar-refractivity contribution in [2.75, 3.05) is 0 Å². The molecule has 0 aliphatic carbocycles. The van der Waals surface area contributed by atoms with Gasteiger partial charge in [0.2, 0.25) is 0 Å². The van der Waals surface area contributed by atoms with Gasteiger partial charge in [-0.05, 0) is 22.8 Å². The number of halogens is 1. The maximum absolute atomic E-state index is 13.7. The molecule has 0 unspecified atom stereocenters. The minimum atomic E-state index is -0.269. The van der Waals surface area contributed by atoms with Gasteiger partial charge in [-0.2, -0.15) is 0 Å². The summed E-state index contributed by atoms with van der Waals surface area (Å²) < 4.78 is 14.3. The van der Waals surface area contributed by atoms with Crippen LogP contribution in [0.15, 0.2) is 17.5 Å². The summed E-state index contributed by atoms with van der Waals surface area (Å²) in [6.45, 7) is 1.82. The number of hydrogen-bond acceptors (Lipinski definition) is 2. The SMILES string of the molecule is CCc1csc2c(F)c(CO)ccc12. The van der Waals surface area contributed by atoms with E-state index < -0.39 is 0 Å². The number of hydrogen-bond donors (Lipinski definition) is 1. The number of aliphatic hydroxyl groups excluding tert-OH is 1. The van der Waals surface area contributed by atoms with Gasteiger partial charge in [0.15, 0.2) is 0 Å². The van der Waals surface area contributed by atoms with E-state index in [1.165, 1.54) is 16.9 Å². The smallest absolute Gasteiger partial charge is 0.146 e. The van der Waals surface area contributed by atoms with Crippen molar-refractivity contribution in [3.63, 3.8) is 0 Å². The fourth-order valence-corrected chi connectivity index (χ4v) is 2.67. The number of rotatable bonds is 2. The molecule has 1 aromatic carbocycles. The third-order valence-corrected chi connectivity index (χ3v) is 3.43. The van der Waals surface area contributed by atoms with Crippen molar-refractivity contribution < 1.29 is 9.50 Å². The van der Waals surface area contributed by atoms with Crippen LogP contribution in [-0.2, 0) is 13.0 Å². The maximum Gasteiger partial charge on any atom is 0.146 e. The molecule has 0 aliphatic heterocycles. The van der Waals surface area contributed by atoms with E-state index in [4.69, 9.17) is 5.11 Å². The molecule has 0 bridgehead atoms. The van der Waals surface area contributed by atoms with Crippen LogP contribution in [0.25, 0.3) is 10.1 Å². The summed E-state index contributed by atoms with van der Waals surface area (Å²) in [4.78, 5) is 0. The summed E-state index contributed by atoms with van der Waals surface area (Å²) in [5.41, 5.74) is 1.55. The minimum absolute atomic E-state index is 0.235. The molecule has 2 rings (SSSR count). The van der Waals surface area contributed by atoms with Gasteiger partial charge < -0.3 is 5.11 Å². The molecule has 0 atom stereocenters. The molecule has 1 N–H and O–H groups in total. The molecule has 0 aliphatic rings. The molecule has 1 aromatic heterocycles. The summed E-state index contributed by atoms with van der Waals surface area (Å²) in [6.07, 6.45) is 0.915. The monoisotopic (exact) mass is 210 g/mol. The zero-order valence-electron chi connectivity index (χ0n) is 7.88. The maximum atomic E-state index is 13.7. The Morgan fingerprint density at radius 3 is 2.79 bits per heavy atom. The van der Waals surface area contributed by atoms with E-state index in [1.807, 2.05) is 11.4 Å². The second-order valence-corrected chi connectivity index (χ2v) is 4.07. The fourth-order valence-electron chi connectivity index (χ4n) is 1.55. The van der Waals surface area contributed by atoms with E-state index in [1.54, 1.807) is 6.07 Å². The largest absolute Gasteiger partial charge is 0.392 e. The molecule has 14 heavy (non-hydrogen) atoms. The van der Waals surface area contributed by atoms with Crippen molar-refractivity contribution in [1.82, 2.24) is 0 Å². The Hall–Kier alpha value is -0.930. The average Bonchev–Trinajstić information content (AvgIpc) is 2.62. The van der Waals surface area contributed by atoms with Crippen molar-refractivity contribution in [2.45, 2.75) is 20.0 Å². The predicted molar refractivity (Wildman–Crippen MR) is 57.1 cm³/mol. The molecule has 0 fully saturated rings. The first-order valence-electron chi connectivity index (χ1n) is 4.56. The Morgan fingerprint density at radius 2 is 2.14 bits per heavy atom. The Labute approximate surface area is 85.8 Å². The minimum Gasteiger partial charge on any atom is -0.392 e. The molecule has 74 valence electrons. The Bertz CT molecular complexity index is 462. The van der Waals surface area contributed by atoms with Crippen LogP contribution in [0.4, 0.5) is 4.39 Å². The van der Waals surface area contributed by atoms with Gasteiger partial charge in [0.25, 0.3) is 0 Å². The lowest BCUT2D eigenvalue weighted by Crippen LogP contribution is -1.89. The molecule has 0 saturated heterocycles. The standard InChI is InChI=1S/C11H11FOS/c1-2-7-6-14-11-9(7)4-3-8(5-13)10(11)12/h3-4,6,13H,2,5H2,1H3. The normalized spacial score (nSPS) is 11.1. The number of thiophene rings is 1. The van der Waals surface area contributed by atoms with Gasteiger partial charge in [-0.25, -0.2) is 4.39 Å². The van der Waals surface area contributed by atoms with Crippen LogP contribution in [0, 0.1) is 5.82 Å².